The number of anilines is 2. The Balaban J connectivity index is 1.52. The molecule has 5 nitrogen and oxygen atoms in total. The molecule has 1 saturated carbocycles. The molecule has 5 heteroatoms. The highest BCUT2D eigenvalue weighted by atomic mass is 16.3. The van der Waals surface area contributed by atoms with Crippen molar-refractivity contribution in [3.63, 3.8) is 0 Å². The molecule has 4 rings (SSSR count). The van der Waals surface area contributed by atoms with Gasteiger partial charge in [-0.25, -0.2) is 0 Å². The number of furan rings is 1. The van der Waals surface area contributed by atoms with E-state index >= 15 is 0 Å². The van der Waals surface area contributed by atoms with Crippen LogP contribution in [0.5, 0.6) is 0 Å². The maximum absolute atomic E-state index is 13.2. The van der Waals surface area contributed by atoms with Crippen LogP contribution in [0.2, 0.25) is 0 Å². The van der Waals surface area contributed by atoms with Crippen LogP contribution >= 0.6 is 0 Å². The number of carbonyl (C=O) groups is 2. The number of hydrogen-bond acceptors (Lipinski definition) is 3. The van der Waals surface area contributed by atoms with E-state index in [-0.39, 0.29) is 17.6 Å². The van der Waals surface area contributed by atoms with Gasteiger partial charge in [0.05, 0.1) is 11.7 Å². The first-order valence-electron chi connectivity index (χ1n) is 9.49. The van der Waals surface area contributed by atoms with Crippen molar-refractivity contribution < 1.29 is 14.0 Å². The SMILES string of the molecule is O=C(Nc1cccc(NC(=O)C2(c3ccccc3)CCCC2)c1)c1ccco1. The van der Waals surface area contributed by atoms with E-state index < -0.39 is 5.41 Å². The molecule has 0 spiro atoms. The molecule has 28 heavy (non-hydrogen) atoms. The average molecular weight is 374 g/mol. The molecular weight excluding hydrogens is 352 g/mol. The minimum absolute atomic E-state index is 0.00529. The van der Waals surface area contributed by atoms with Crippen molar-refractivity contribution in [2.75, 3.05) is 10.6 Å². The number of nitrogens with one attached hydrogen (secondary N) is 2. The van der Waals surface area contributed by atoms with Gasteiger partial charge in [-0.1, -0.05) is 49.2 Å². The molecule has 142 valence electrons. The van der Waals surface area contributed by atoms with Crippen molar-refractivity contribution in [3.05, 3.63) is 84.3 Å². The molecule has 0 bridgehead atoms. The standard InChI is InChI=1S/C23H22N2O3/c26-21(20-12-7-15-28-20)24-18-10-6-11-19(16-18)25-22(27)23(13-4-5-14-23)17-8-2-1-3-9-17/h1-3,6-12,15-16H,4-5,13-14H2,(H,24,26)(H,25,27). The molecule has 0 unspecified atom stereocenters. The van der Waals surface area contributed by atoms with Gasteiger partial charge in [-0.3, -0.25) is 9.59 Å². The third-order valence-corrected chi connectivity index (χ3v) is 5.34. The smallest absolute Gasteiger partial charge is 0.291 e. The van der Waals surface area contributed by atoms with Gasteiger partial charge >= 0.3 is 0 Å². The fraction of sp³-hybridized carbons (Fsp3) is 0.217. The van der Waals surface area contributed by atoms with E-state index in [4.69, 9.17) is 4.42 Å². The van der Waals surface area contributed by atoms with Gasteiger partial charge < -0.3 is 15.1 Å². The molecule has 1 aromatic heterocycles. The molecule has 0 aliphatic heterocycles. The van der Waals surface area contributed by atoms with Gasteiger partial charge in [0.1, 0.15) is 0 Å². The lowest BCUT2D eigenvalue weighted by Gasteiger charge is -2.28. The maximum atomic E-state index is 13.2. The summed E-state index contributed by atoms with van der Waals surface area (Å²) in [6, 6.07) is 20.4. The Hall–Kier alpha value is -3.34. The fourth-order valence-electron chi connectivity index (χ4n) is 3.91. The Bertz CT molecular complexity index is 959. The summed E-state index contributed by atoms with van der Waals surface area (Å²) in [6.07, 6.45) is 5.23. The second-order valence-electron chi connectivity index (χ2n) is 7.12. The van der Waals surface area contributed by atoms with Crippen LogP contribution in [-0.4, -0.2) is 11.8 Å². The van der Waals surface area contributed by atoms with Crippen LogP contribution in [-0.2, 0) is 10.2 Å². The Morgan fingerprint density at radius 1 is 0.821 bits per heavy atom. The second kappa shape index (κ2) is 7.72. The van der Waals surface area contributed by atoms with E-state index in [1.807, 2.05) is 36.4 Å². The van der Waals surface area contributed by atoms with Crippen LogP contribution in [0.4, 0.5) is 11.4 Å². The molecule has 1 aliphatic rings. The molecular formula is C23H22N2O3. The van der Waals surface area contributed by atoms with Gasteiger partial charge in [-0.05, 0) is 48.7 Å². The van der Waals surface area contributed by atoms with Crippen LogP contribution in [0.25, 0.3) is 0 Å². The van der Waals surface area contributed by atoms with Crippen LogP contribution < -0.4 is 10.6 Å². The third kappa shape index (κ3) is 3.56. The zero-order chi connectivity index (χ0) is 19.4. The monoisotopic (exact) mass is 374 g/mol. The first-order valence-corrected chi connectivity index (χ1v) is 9.49. The number of benzene rings is 2. The number of amides is 2. The highest BCUT2D eigenvalue weighted by Crippen LogP contribution is 2.42. The quantitative estimate of drug-likeness (QED) is 0.661. The molecule has 0 saturated heterocycles. The van der Waals surface area contributed by atoms with E-state index in [2.05, 4.69) is 10.6 Å². The van der Waals surface area contributed by atoms with E-state index in [9.17, 15) is 9.59 Å². The van der Waals surface area contributed by atoms with Crippen LogP contribution in [0.3, 0.4) is 0 Å². The van der Waals surface area contributed by atoms with Crippen molar-refractivity contribution in [1.29, 1.82) is 0 Å². The van der Waals surface area contributed by atoms with Crippen LogP contribution in [0.15, 0.2) is 77.4 Å². The van der Waals surface area contributed by atoms with E-state index in [0.717, 1.165) is 31.2 Å². The lowest BCUT2D eigenvalue weighted by atomic mass is 9.78. The summed E-state index contributed by atoms with van der Waals surface area (Å²) in [5.41, 5.74) is 1.82. The van der Waals surface area contributed by atoms with Crippen molar-refractivity contribution in [2.45, 2.75) is 31.1 Å². The first-order chi connectivity index (χ1) is 13.7. The minimum atomic E-state index is -0.491. The molecule has 2 N–H and O–H groups in total. The zero-order valence-corrected chi connectivity index (χ0v) is 15.5. The van der Waals surface area contributed by atoms with E-state index in [1.54, 1.807) is 30.3 Å². The van der Waals surface area contributed by atoms with Crippen molar-refractivity contribution in [1.82, 2.24) is 0 Å². The predicted octanol–water partition coefficient (Wildman–Crippen LogP) is 4.98. The van der Waals surface area contributed by atoms with Crippen LogP contribution in [0, 0.1) is 0 Å². The summed E-state index contributed by atoms with van der Waals surface area (Å²) in [4.78, 5) is 25.4. The van der Waals surface area contributed by atoms with Crippen LogP contribution in [0.1, 0.15) is 41.8 Å². The van der Waals surface area contributed by atoms with Gasteiger partial charge in [0.15, 0.2) is 5.76 Å². The molecule has 1 heterocycles. The average Bonchev–Trinajstić information content (AvgIpc) is 3.42. The Morgan fingerprint density at radius 2 is 1.54 bits per heavy atom. The van der Waals surface area contributed by atoms with Gasteiger partial charge in [0.25, 0.3) is 5.91 Å². The highest BCUT2D eigenvalue weighted by molar-refractivity contribution is 6.03. The van der Waals surface area contributed by atoms with Gasteiger partial charge in [0.2, 0.25) is 5.91 Å². The fourth-order valence-corrected chi connectivity index (χ4v) is 3.91. The van der Waals surface area contributed by atoms with Crippen molar-refractivity contribution >= 4 is 23.2 Å². The lowest BCUT2D eigenvalue weighted by Crippen LogP contribution is -2.37. The normalized spacial score (nSPS) is 15.1. The van der Waals surface area contributed by atoms with E-state index in [0.29, 0.717) is 11.4 Å². The Morgan fingerprint density at radius 3 is 2.21 bits per heavy atom. The summed E-state index contributed by atoms with van der Waals surface area (Å²) >= 11 is 0. The molecule has 0 atom stereocenters. The predicted molar refractivity (Wildman–Crippen MR) is 108 cm³/mol. The highest BCUT2D eigenvalue weighted by Gasteiger charge is 2.42. The van der Waals surface area contributed by atoms with Gasteiger partial charge in [-0.15, -0.1) is 0 Å². The number of rotatable bonds is 5. The second-order valence-corrected chi connectivity index (χ2v) is 7.12. The molecule has 3 aromatic rings. The first kappa shape index (κ1) is 18.0. The van der Waals surface area contributed by atoms with Crippen molar-refractivity contribution in [2.24, 2.45) is 0 Å². The molecule has 0 radical (unpaired) electrons. The summed E-state index contributed by atoms with van der Waals surface area (Å²) < 4.78 is 5.11. The molecule has 1 aliphatic carbocycles. The largest absolute Gasteiger partial charge is 0.459 e. The summed E-state index contributed by atoms with van der Waals surface area (Å²) in [6.45, 7) is 0. The minimum Gasteiger partial charge on any atom is -0.459 e. The number of hydrogen-bond donors (Lipinski definition) is 2. The molecule has 1 fully saturated rings. The third-order valence-electron chi connectivity index (χ3n) is 5.34. The summed E-state index contributed by atoms with van der Waals surface area (Å²) in [5.74, 6) is -0.0841. The van der Waals surface area contributed by atoms with Gasteiger partial charge in [-0.2, -0.15) is 0 Å². The molecule has 2 aromatic carbocycles. The van der Waals surface area contributed by atoms with Crippen molar-refractivity contribution in [3.8, 4) is 0 Å². The maximum Gasteiger partial charge on any atom is 0.291 e. The Labute approximate surface area is 163 Å². The number of carbonyl (C=O) groups excluding carboxylic acids is 2. The van der Waals surface area contributed by atoms with E-state index in [1.165, 1.54) is 6.26 Å². The molecule has 2 amide bonds. The lowest BCUT2D eigenvalue weighted by molar-refractivity contribution is -0.121. The summed E-state index contributed by atoms with van der Waals surface area (Å²) in [7, 11) is 0. The summed E-state index contributed by atoms with van der Waals surface area (Å²) in [5, 5.41) is 5.84. The Kier molecular flexibility index (Phi) is 4.98. The van der Waals surface area contributed by atoms with Gasteiger partial charge in [0, 0.05) is 11.4 Å². The topological polar surface area (TPSA) is 71.3 Å². The zero-order valence-electron chi connectivity index (χ0n) is 15.5.